The molecule has 0 amide bonds. The molecule has 1 N–H and O–H groups in total. The third-order valence-corrected chi connectivity index (χ3v) is 2.78. The smallest absolute Gasteiger partial charge is 0.181 e. The van der Waals surface area contributed by atoms with Crippen molar-refractivity contribution in [3.63, 3.8) is 0 Å². The van der Waals surface area contributed by atoms with Gasteiger partial charge in [-0.3, -0.25) is 4.79 Å². The first-order valence-electron chi connectivity index (χ1n) is 5.96. The van der Waals surface area contributed by atoms with Gasteiger partial charge in [0.15, 0.2) is 5.78 Å². The Kier molecular flexibility index (Phi) is 4.30. The molecule has 0 aliphatic carbocycles. The lowest BCUT2D eigenvalue weighted by Crippen LogP contribution is -2.14. The van der Waals surface area contributed by atoms with Gasteiger partial charge in [-0.05, 0) is 36.4 Å². The summed E-state index contributed by atoms with van der Waals surface area (Å²) < 4.78 is 31.1. The Labute approximate surface area is 115 Å². The lowest BCUT2D eigenvalue weighted by atomic mass is 10.1. The standard InChI is InChI=1S/C15H13F2NO2/c1-20-12-5-2-10(3-6-12)15(19)9-18-14-7-4-11(16)8-13(14)17/h2-8,18H,9H2,1H3. The molecule has 0 heterocycles. The highest BCUT2D eigenvalue weighted by molar-refractivity contribution is 5.99. The summed E-state index contributed by atoms with van der Waals surface area (Å²) in [5.41, 5.74) is 0.578. The average Bonchev–Trinajstić information content (AvgIpc) is 2.46. The number of halogens is 2. The first-order valence-corrected chi connectivity index (χ1v) is 5.96. The number of hydrogen-bond donors (Lipinski definition) is 1. The number of carbonyl (C=O) groups is 1. The van der Waals surface area contributed by atoms with E-state index in [1.54, 1.807) is 24.3 Å². The van der Waals surface area contributed by atoms with Crippen LogP contribution in [0.15, 0.2) is 42.5 Å². The van der Waals surface area contributed by atoms with Gasteiger partial charge in [-0.25, -0.2) is 8.78 Å². The molecule has 2 rings (SSSR count). The molecule has 0 aromatic heterocycles. The van der Waals surface area contributed by atoms with E-state index in [4.69, 9.17) is 4.74 Å². The molecule has 0 saturated carbocycles. The SMILES string of the molecule is COc1ccc(C(=O)CNc2ccc(F)cc2F)cc1. The lowest BCUT2D eigenvalue weighted by Gasteiger charge is -2.07. The molecule has 0 spiro atoms. The maximum Gasteiger partial charge on any atom is 0.181 e. The van der Waals surface area contributed by atoms with Crippen molar-refractivity contribution in [3.05, 3.63) is 59.7 Å². The number of nitrogens with one attached hydrogen (secondary N) is 1. The first kappa shape index (κ1) is 14.0. The van der Waals surface area contributed by atoms with Crippen LogP contribution in [0.25, 0.3) is 0 Å². The highest BCUT2D eigenvalue weighted by Gasteiger charge is 2.08. The van der Waals surface area contributed by atoms with E-state index in [0.29, 0.717) is 11.3 Å². The van der Waals surface area contributed by atoms with Gasteiger partial charge in [-0.2, -0.15) is 0 Å². The number of methoxy groups -OCH3 is 1. The molecule has 0 radical (unpaired) electrons. The van der Waals surface area contributed by atoms with E-state index in [-0.39, 0.29) is 18.0 Å². The highest BCUT2D eigenvalue weighted by atomic mass is 19.1. The van der Waals surface area contributed by atoms with E-state index in [1.165, 1.54) is 13.2 Å². The maximum absolute atomic E-state index is 13.4. The summed E-state index contributed by atoms with van der Waals surface area (Å²) in [4.78, 5) is 11.9. The van der Waals surface area contributed by atoms with E-state index < -0.39 is 11.6 Å². The van der Waals surface area contributed by atoms with Crippen LogP contribution in [0.3, 0.4) is 0 Å². The summed E-state index contributed by atoms with van der Waals surface area (Å²) in [6.45, 7) is -0.0745. The van der Waals surface area contributed by atoms with Crippen LogP contribution in [-0.4, -0.2) is 19.4 Å². The Bertz CT molecular complexity index is 612. The number of carbonyl (C=O) groups excluding carboxylic acids is 1. The fourth-order valence-electron chi connectivity index (χ4n) is 1.69. The number of ether oxygens (including phenoxy) is 1. The average molecular weight is 277 g/mol. The number of benzene rings is 2. The number of hydrogen-bond acceptors (Lipinski definition) is 3. The van der Waals surface area contributed by atoms with Crippen LogP contribution in [0.2, 0.25) is 0 Å². The fraction of sp³-hybridized carbons (Fsp3) is 0.133. The molecular weight excluding hydrogens is 264 g/mol. The van der Waals surface area contributed by atoms with Crippen molar-refractivity contribution in [1.29, 1.82) is 0 Å². The molecule has 2 aromatic rings. The monoisotopic (exact) mass is 277 g/mol. The van der Waals surface area contributed by atoms with Gasteiger partial charge in [0.2, 0.25) is 0 Å². The zero-order valence-electron chi connectivity index (χ0n) is 10.8. The molecule has 0 atom stereocenters. The predicted molar refractivity (Wildman–Crippen MR) is 72.2 cm³/mol. The third kappa shape index (κ3) is 3.32. The molecule has 104 valence electrons. The number of anilines is 1. The molecule has 2 aromatic carbocycles. The second-order valence-corrected chi connectivity index (χ2v) is 4.13. The normalized spacial score (nSPS) is 10.2. The summed E-state index contributed by atoms with van der Waals surface area (Å²) in [6, 6.07) is 9.75. The van der Waals surface area contributed by atoms with Crippen LogP contribution in [0, 0.1) is 11.6 Å². The minimum Gasteiger partial charge on any atom is -0.497 e. The van der Waals surface area contributed by atoms with Crippen molar-refractivity contribution >= 4 is 11.5 Å². The van der Waals surface area contributed by atoms with Crippen molar-refractivity contribution in [2.75, 3.05) is 19.0 Å². The topological polar surface area (TPSA) is 38.3 Å². The minimum atomic E-state index is -0.729. The molecular formula is C15H13F2NO2. The maximum atomic E-state index is 13.4. The van der Waals surface area contributed by atoms with Crippen molar-refractivity contribution in [2.24, 2.45) is 0 Å². The minimum absolute atomic E-state index is 0.0745. The molecule has 0 aliphatic heterocycles. The van der Waals surface area contributed by atoms with Crippen molar-refractivity contribution in [1.82, 2.24) is 0 Å². The molecule has 3 nitrogen and oxygen atoms in total. The lowest BCUT2D eigenvalue weighted by molar-refractivity contribution is 0.101. The van der Waals surface area contributed by atoms with Gasteiger partial charge in [-0.15, -0.1) is 0 Å². The third-order valence-electron chi connectivity index (χ3n) is 2.78. The predicted octanol–water partition coefficient (Wildman–Crippen LogP) is 3.27. The summed E-state index contributed by atoms with van der Waals surface area (Å²) in [5, 5.41) is 2.64. The van der Waals surface area contributed by atoms with Gasteiger partial charge in [0.05, 0.1) is 19.3 Å². The van der Waals surface area contributed by atoms with Crippen LogP contribution in [0.5, 0.6) is 5.75 Å². The van der Waals surface area contributed by atoms with Crippen molar-refractivity contribution in [2.45, 2.75) is 0 Å². The number of rotatable bonds is 5. The van der Waals surface area contributed by atoms with Crippen LogP contribution in [0.4, 0.5) is 14.5 Å². The Balaban J connectivity index is 2.00. The van der Waals surface area contributed by atoms with Crippen LogP contribution < -0.4 is 10.1 Å². The van der Waals surface area contributed by atoms with Crippen LogP contribution in [0.1, 0.15) is 10.4 Å². The second-order valence-electron chi connectivity index (χ2n) is 4.13. The van der Waals surface area contributed by atoms with E-state index >= 15 is 0 Å². The fourth-order valence-corrected chi connectivity index (χ4v) is 1.69. The zero-order valence-corrected chi connectivity index (χ0v) is 10.8. The Morgan fingerprint density at radius 2 is 1.85 bits per heavy atom. The van der Waals surface area contributed by atoms with Gasteiger partial charge in [0.25, 0.3) is 0 Å². The molecule has 0 unspecified atom stereocenters. The van der Waals surface area contributed by atoms with Crippen molar-refractivity contribution in [3.8, 4) is 5.75 Å². The van der Waals surface area contributed by atoms with E-state index in [2.05, 4.69) is 5.32 Å². The van der Waals surface area contributed by atoms with Crippen LogP contribution >= 0.6 is 0 Å². The van der Waals surface area contributed by atoms with Crippen molar-refractivity contribution < 1.29 is 18.3 Å². The summed E-state index contributed by atoms with van der Waals surface area (Å²) in [7, 11) is 1.54. The zero-order chi connectivity index (χ0) is 14.5. The first-order chi connectivity index (χ1) is 9.60. The van der Waals surface area contributed by atoms with Gasteiger partial charge in [0.1, 0.15) is 17.4 Å². The molecule has 0 aliphatic rings. The Morgan fingerprint density at radius 3 is 2.45 bits per heavy atom. The van der Waals surface area contributed by atoms with Gasteiger partial charge >= 0.3 is 0 Å². The summed E-state index contributed by atoms with van der Waals surface area (Å²) >= 11 is 0. The van der Waals surface area contributed by atoms with Gasteiger partial charge in [-0.1, -0.05) is 0 Å². The molecule has 5 heteroatoms. The van der Waals surface area contributed by atoms with E-state index in [9.17, 15) is 13.6 Å². The number of ketones is 1. The summed E-state index contributed by atoms with van der Waals surface area (Å²) in [5.74, 6) is -0.933. The van der Waals surface area contributed by atoms with Gasteiger partial charge < -0.3 is 10.1 Å². The number of Topliss-reactive ketones (excluding diaryl/α,β-unsaturated/α-hetero) is 1. The van der Waals surface area contributed by atoms with Crippen LogP contribution in [-0.2, 0) is 0 Å². The molecule has 0 fully saturated rings. The Hall–Kier alpha value is -2.43. The van der Waals surface area contributed by atoms with Gasteiger partial charge in [0, 0.05) is 11.6 Å². The molecule has 20 heavy (non-hydrogen) atoms. The van der Waals surface area contributed by atoms with E-state index in [1.807, 2.05) is 0 Å². The molecule has 0 saturated heterocycles. The highest BCUT2D eigenvalue weighted by Crippen LogP contribution is 2.16. The summed E-state index contributed by atoms with van der Waals surface area (Å²) in [6.07, 6.45) is 0. The second kappa shape index (κ2) is 6.14. The largest absolute Gasteiger partial charge is 0.497 e. The van der Waals surface area contributed by atoms with E-state index in [0.717, 1.165) is 12.1 Å². The Morgan fingerprint density at radius 1 is 1.15 bits per heavy atom. The quantitative estimate of drug-likeness (QED) is 0.852. The molecule has 0 bridgehead atoms.